The van der Waals surface area contributed by atoms with E-state index >= 15 is 0 Å². The van der Waals surface area contributed by atoms with Crippen molar-refractivity contribution >= 4 is 0 Å². The Morgan fingerprint density at radius 2 is 1.91 bits per heavy atom. The van der Waals surface area contributed by atoms with Crippen molar-refractivity contribution < 1.29 is 8.78 Å². The lowest BCUT2D eigenvalue weighted by molar-refractivity contribution is 0.173. The Bertz CT molecular complexity index is 329. The lowest BCUT2D eigenvalue weighted by Gasteiger charge is -2.23. The molecule has 0 N–H and O–H groups in total. The van der Waals surface area contributed by atoms with Crippen molar-refractivity contribution in [1.82, 2.24) is 0 Å². The van der Waals surface area contributed by atoms with E-state index in [1.54, 1.807) is 6.07 Å². The summed E-state index contributed by atoms with van der Waals surface area (Å²) in [4.78, 5) is 0. The fraction of sp³-hybridized carbons (Fsp3) is 0.333. The van der Waals surface area contributed by atoms with Crippen LogP contribution in [0.4, 0.5) is 8.78 Å². The zero-order chi connectivity index (χ0) is 7.59. The Morgan fingerprint density at radius 1 is 1.09 bits per heavy atom. The van der Waals surface area contributed by atoms with Gasteiger partial charge in [0.2, 0.25) is 0 Å². The molecule has 2 heteroatoms. The van der Waals surface area contributed by atoms with Gasteiger partial charge in [-0.05, 0) is 16.7 Å². The number of alkyl halides is 2. The number of hydrogen-bond donors (Lipinski definition) is 0. The van der Waals surface area contributed by atoms with Crippen LogP contribution < -0.4 is 0 Å². The summed E-state index contributed by atoms with van der Waals surface area (Å²) in [5.41, 5.74) is 2.41. The summed E-state index contributed by atoms with van der Waals surface area (Å²) >= 11 is 0. The fourth-order valence-corrected chi connectivity index (χ4v) is 2.09. The van der Waals surface area contributed by atoms with Gasteiger partial charge in [0.1, 0.15) is 6.17 Å². The first-order valence-corrected chi connectivity index (χ1v) is 3.71. The molecule has 0 fully saturated rings. The summed E-state index contributed by atoms with van der Waals surface area (Å²) in [6.07, 6.45) is -2.68. The summed E-state index contributed by atoms with van der Waals surface area (Å²) in [6, 6.07) is 5.40. The van der Waals surface area contributed by atoms with Crippen molar-refractivity contribution in [2.45, 2.75) is 18.3 Å². The van der Waals surface area contributed by atoms with Crippen molar-refractivity contribution in [2.75, 3.05) is 0 Å². The molecule has 3 aliphatic carbocycles. The Labute approximate surface area is 62.8 Å². The minimum absolute atomic E-state index is 0.218. The molecule has 3 atom stereocenters. The predicted octanol–water partition coefficient (Wildman–Crippen LogP) is 2.49. The summed E-state index contributed by atoms with van der Waals surface area (Å²) in [5.74, 6) is -0.218. The monoisotopic (exact) mass is 152 g/mol. The van der Waals surface area contributed by atoms with Crippen LogP contribution in [0.15, 0.2) is 18.2 Å². The molecule has 0 saturated heterocycles. The molecule has 4 rings (SSSR count). The number of halogens is 2. The van der Waals surface area contributed by atoms with Crippen LogP contribution in [-0.4, -0.2) is 6.17 Å². The van der Waals surface area contributed by atoms with E-state index in [2.05, 4.69) is 0 Å². The second-order valence-corrected chi connectivity index (χ2v) is 3.21. The molecule has 1 aromatic carbocycles. The van der Waals surface area contributed by atoms with Crippen LogP contribution in [0.5, 0.6) is 0 Å². The normalized spacial score (nSPS) is 37.1. The maximum Gasteiger partial charge on any atom is 0.157 e. The van der Waals surface area contributed by atoms with Gasteiger partial charge in [0.25, 0.3) is 0 Å². The highest BCUT2D eigenvalue weighted by Gasteiger charge is 2.47. The molecular weight excluding hydrogens is 146 g/mol. The predicted molar refractivity (Wildman–Crippen MR) is 37.0 cm³/mol. The van der Waals surface area contributed by atoms with Crippen LogP contribution in [0, 0.1) is 0 Å². The highest BCUT2D eigenvalue weighted by molar-refractivity contribution is 5.56. The van der Waals surface area contributed by atoms with Gasteiger partial charge in [-0.15, -0.1) is 0 Å². The van der Waals surface area contributed by atoms with E-state index in [1.807, 2.05) is 12.1 Å². The number of fused-ring (bicyclic) bond motifs is 1. The topological polar surface area (TPSA) is 0 Å². The van der Waals surface area contributed by atoms with Crippen molar-refractivity contribution in [2.24, 2.45) is 0 Å². The van der Waals surface area contributed by atoms with Gasteiger partial charge in [-0.25, -0.2) is 8.78 Å². The Kier molecular flexibility index (Phi) is 0.761. The maximum atomic E-state index is 13.1. The van der Waals surface area contributed by atoms with E-state index in [1.165, 1.54) is 0 Å². The summed E-state index contributed by atoms with van der Waals surface area (Å²) in [5, 5.41) is 0. The molecule has 1 aromatic rings. The molecule has 3 aliphatic rings. The van der Waals surface area contributed by atoms with Gasteiger partial charge < -0.3 is 0 Å². The third kappa shape index (κ3) is 0.442. The van der Waals surface area contributed by atoms with E-state index < -0.39 is 12.3 Å². The first kappa shape index (κ1) is 5.70. The van der Waals surface area contributed by atoms with Gasteiger partial charge >= 0.3 is 0 Å². The van der Waals surface area contributed by atoms with Crippen molar-refractivity contribution in [3.05, 3.63) is 34.9 Å². The Balaban J connectivity index is 2.29. The largest absolute Gasteiger partial charge is 0.243 e. The lowest BCUT2D eigenvalue weighted by atomic mass is 9.82. The summed E-state index contributed by atoms with van der Waals surface area (Å²) in [7, 11) is 0. The first-order valence-electron chi connectivity index (χ1n) is 3.71. The molecule has 56 valence electrons. The molecular formula is C9H6F2. The molecule has 11 heavy (non-hydrogen) atoms. The molecule has 0 heterocycles. The molecule has 0 saturated carbocycles. The minimum Gasteiger partial charge on any atom is -0.243 e. The van der Waals surface area contributed by atoms with Crippen LogP contribution in [0.3, 0.4) is 0 Å². The van der Waals surface area contributed by atoms with E-state index in [0.29, 0.717) is 5.56 Å². The Hall–Kier alpha value is -0.920. The fourth-order valence-electron chi connectivity index (χ4n) is 2.09. The molecule has 0 aromatic heterocycles. The zero-order valence-electron chi connectivity index (χ0n) is 5.72. The van der Waals surface area contributed by atoms with Crippen molar-refractivity contribution in [3.63, 3.8) is 0 Å². The van der Waals surface area contributed by atoms with Crippen LogP contribution >= 0.6 is 0 Å². The van der Waals surface area contributed by atoms with Crippen molar-refractivity contribution in [1.29, 1.82) is 0 Å². The highest BCUT2D eigenvalue weighted by Crippen LogP contribution is 2.54. The average Bonchev–Trinajstić information content (AvgIpc) is 2.12. The summed E-state index contributed by atoms with van der Waals surface area (Å²) in [6.45, 7) is 0. The van der Waals surface area contributed by atoms with Crippen LogP contribution in [0.2, 0.25) is 0 Å². The second kappa shape index (κ2) is 1.47. The molecule has 0 radical (unpaired) electrons. The van der Waals surface area contributed by atoms with E-state index in [9.17, 15) is 8.78 Å². The molecule has 0 amide bonds. The zero-order valence-corrected chi connectivity index (χ0v) is 5.72. The minimum atomic E-state index is -1.37. The number of hydrogen-bond acceptors (Lipinski definition) is 0. The second-order valence-electron chi connectivity index (χ2n) is 3.21. The smallest absolute Gasteiger partial charge is 0.157 e. The van der Waals surface area contributed by atoms with Crippen LogP contribution in [0.25, 0.3) is 0 Å². The van der Waals surface area contributed by atoms with Gasteiger partial charge in [0.15, 0.2) is 6.17 Å². The summed E-state index contributed by atoms with van der Waals surface area (Å²) < 4.78 is 26.1. The van der Waals surface area contributed by atoms with Gasteiger partial charge in [-0.1, -0.05) is 18.2 Å². The quantitative estimate of drug-likeness (QED) is 0.535. The van der Waals surface area contributed by atoms with E-state index in [0.717, 1.165) is 11.1 Å². The molecule has 0 nitrogen and oxygen atoms in total. The van der Waals surface area contributed by atoms with Gasteiger partial charge in [-0.3, -0.25) is 0 Å². The SMILES string of the molecule is FC1c2ccc3cc2C3C1F. The molecule has 0 aliphatic heterocycles. The maximum absolute atomic E-state index is 13.1. The number of rotatable bonds is 0. The van der Waals surface area contributed by atoms with Crippen LogP contribution in [0.1, 0.15) is 28.8 Å². The standard InChI is InChI=1S/C9H6F2/c10-8-5-2-1-4-3-6(5)7(4)9(8)11/h1-3,7-9H. The van der Waals surface area contributed by atoms with Crippen molar-refractivity contribution in [3.8, 4) is 0 Å². The third-order valence-corrected chi connectivity index (χ3v) is 2.70. The number of benzene rings is 1. The van der Waals surface area contributed by atoms with Gasteiger partial charge in [0, 0.05) is 5.92 Å². The molecule has 3 unspecified atom stereocenters. The molecule has 0 spiro atoms. The third-order valence-electron chi connectivity index (χ3n) is 2.70. The lowest BCUT2D eigenvalue weighted by Crippen LogP contribution is -2.15. The first-order chi connectivity index (χ1) is 5.29. The van der Waals surface area contributed by atoms with E-state index in [4.69, 9.17) is 0 Å². The van der Waals surface area contributed by atoms with Gasteiger partial charge in [0.05, 0.1) is 0 Å². The van der Waals surface area contributed by atoms with Crippen LogP contribution in [-0.2, 0) is 0 Å². The average molecular weight is 152 g/mol. The highest BCUT2D eigenvalue weighted by atomic mass is 19.2. The van der Waals surface area contributed by atoms with E-state index in [-0.39, 0.29) is 5.92 Å². The Morgan fingerprint density at radius 3 is 2.45 bits per heavy atom. The van der Waals surface area contributed by atoms with Gasteiger partial charge in [-0.2, -0.15) is 0 Å². The molecule has 4 bridgehead atoms.